The Labute approximate surface area is 156 Å². The van der Waals surface area contributed by atoms with E-state index in [1.54, 1.807) is 13.1 Å². The summed E-state index contributed by atoms with van der Waals surface area (Å²) in [7, 11) is 1.61. The number of amides is 2. The Morgan fingerprint density at radius 2 is 2.11 bits per heavy atom. The van der Waals surface area contributed by atoms with Crippen LogP contribution >= 0.6 is 0 Å². The molecule has 0 aliphatic heterocycles. The number of benzene rings is 1. The molecule has 1 aromatic heterocycles. The largest absolute Gasteiger partial charge is 0.350 e. The quantitative estimate of drug-likeness (QED) is 0.440. The molecule has 1 heterocycles. The second-order valence-electron chi connectivity index (χ2n) is 6.31. The molecule has 9 heteroatoms. The molecule has 0 aliphatic rings. The van der Waals surface area contributed by atoms with Crippen LogP contribution in [0.5, 0.6) is 0 Å². The molecule has 0 spiro atoms. The van der Waals surface area contributed by atoms with E-state index in [4.69, 9.17) is 0 Å². The van der Waals surface area contributed by atoms with Gasteiger partial charge in [0.15, 0.2) is 0 Å². The number of nitro benzene ring substituents is 1. The standard InChI is InChI=1S/C18H21N5O4/c1-12(2)10-19-18(25)17-15(11-20-22(17)3)21-16(24)8-7-13-5-4-6-14(9-13)23(26)27/h4-9,11-12H,10H2,1-3H3,(H,19,25)(H,21,24)/b8-7+. The van der Waals surface area contributed by atoms with Crippen LogP contribution < -0.4 is 10.6 Å². The minimum atomic E-state index is -0.505. The molecule has 0 saturated heterocycles. The second-order valence-corrected chi connectivity index (χ2v) is 6.31. The van der Waals surface area contributed by atoms with Crippen LogP contribution in [0.4, 0.5) is 11.4 Å². The van der Waals surface area contributed by atoms with Crippen molar-refractivity contribution in [1.82, 2.24) is 15.1 Å². The van der Waals surface area contributed by atoms with Crippen LogP contribution in [0.2, 0.25) is 0 Å². The molecule has 2 amide bonds. The summed E-state index contributed by atoms with van der Waals surface area (Å²) >= 11 is 0. The maximum absolute atomic E-state index is 12.3. The number of hydrogen-bond donors (Lipinski definition) is 2. The maximum atomic E-state index is 12.3. The van der Waals surface area contributed by atoms with Gasteiger partial charge in [0.25, 0.3) is 11.6 Å². The number of non-ortho nitro benzene ring substituents is 1. The van der Waals surface area contributed by atoms with Crippen LogP contribution in [0, 0.1) is 16.0 Å². The number of nitrogens with zero attached hydrogens (tertiary/aromatic N) is 3. The van der Waals surface area contributed by atoms with Crippen molar-refractivity contribution in [2.45, 2.75) is 13.8 Å². The van der Waals surface area contributed by atoms with Gasteiger partial charge in [0, 0.05) is 31.8 Å². The lowest BCUT2D eigenvalue weighted by Gasteiger charge is -2.09. The summed E-state index contributed by atoms with van der Waals surface area (Å²) in [5, 5.41) is 20.2. The fraction of sp³-hybridized carbons (Fsp3) is 0.278. The van der Waals surface area contributed by atoms with Crippen LogP contribution in [0.15, 0.2) is 36.5 Å². The van der Waals surface area contributed by atoms with E-state index in [9.17, 15) is 19.7 Å². The van der Waals surface area contributed by atoms with Crippen LogP contribution in [0.25, 0.3) is 6.08 Å². The number of carbonyl (C=O) groups is 2. The molecule has 0 unspecified atom stereocenters. The SMILES string of the molecule is CC(C)CNC(=O)c1c(NC(=O)/C=C/c2cccc([N+](=O)[O-])c2)cnn1C. The summed E-state index contributed by atoms with van der Waals surface area (Å²) in [6, 6.07) is 5.91. The second kappa shape index (κ2) is 8.75. The van der Waals surface area contributed by atoms with Gasteiger partial charge < -0.3 is 10.6 Å². The average Bonchev–Trinajstić information content (AvgIpc) is 2.98. The van der Waals surface area contributed by atoms with Crippen molar-refractivity contribution in [3.8, 4) is 0 Å². The first-order chi connectivity index (χ1) is 12.8. The van der Waals surface area contributed by atoms with E-state index in [0.29, 0.717) is 12.1 Å². The van der Waals surface area contributed by atoms with Crippen LogP contribution in [-0.4, -0.2) is 33.1 Å². The summed E-state index contributed by atoms with van der Waals surface area (Å²) in [6.07, 6.45) is 4.09. The van der Waals surface area contributed by atoms with Crippen LogP contribution in [0.1, 0.15) is 29.9 Å². The van der Waals surface area contributed by atoms with Gasteiger partial charge in [0.2, 0.25) is 5.91 Å². The van der Waals surface area contributed by atoms with Crippen LogP contribution in [0.3, 0.4) is 0 Å². The van der Waals surface area contributed by atoms with Gasteiger partial charge in [0.1, 0.15) is 5.69 Å². The lowest BCUT2D eigenvalue weighted by Crippen LogP contribution is -2.30. The molecule has 2 N–H and O–H groups in total. The third-order valence-electron chi connectivity index (χ3n) is 3.59. The van der Waals surface area contributed by atoms with E-state index < -0.39 is 10.8 Å². The monoisotopic (exact) mass is 371 g/mol. The summed E-state index contributed by atoms with van der Waals surface area (Å²) in [6.45, 7) is 4.46. The highest BCUT2D eigenvalue weighted by molar-refractivity contribution is 6.06. The average molecular weight is 371 g/mol. The van der Waals surface area contributed by atoms with Gasteiger partial charge in [-0.15, -0.1) is 0 Å². The van der Waals surface area contributed by atoms with Crippen molar-refractivity contribution in [1.29, 1.82) is 0 Å². The predicted molar refractivity (Wildman–Crippen MR) is 101 cm³/mol. The molecule has 2 aromatic rings. The smallest absolute Gasteiger partial charge is 0.271 e. The molecular formula is C18H21N5O4. The van der Waals surface area contributed by atoms with E-state index in [-0.39, 0.29) is 28.9 Å². The Kier molecular flexibility index (Phi) is 6.42. The molecule has 0 saturated carbocycles. The van der Waals surface area contributed by atoms with E-state index in [1.807, 2.05) is 13.8 Å². The van der Waals surface area contributed by atoms with Gasteiger partial charge >= 0.3 is 0 Å². The summed E-state index contributed by atoms with van der Waals surface area (Å²) in [5.41, 5.74) is 0.981. The van der Waals surface area contributed by atoms with E-state index in [1.165, 1.54) is 41.2 Å². The zero-order valence-corrected chi connectivity index (χ0v) is 15.3. The fourth-order valence-corrected chi connectivity index (χ4v) is 2.27. The minimum Gasteiger partial charge on any atom is -0.350 e. The third-order valence-corrected chi connectivity index (χ3v) is 3.59. The van der Waals surface area contributed by atoms with Crippen LogP contribution in [-0.2, 0) is 11.8 Å². The highest BCUT2D eigenvalue weighted by atomic mass is 16.6. The molecule has 0 atom stereocenters. The molecule has 0 fully saturated rings. The number of aryl methyl sites for hydroxylation is 1. The molecule has 0 bridgehead atoms. The Morgan fingerprint density at radius 1 is 1.37 bits per heavy atom. The van der Waals surface area contributed by atoms with Crippen molar-refractivity contribution < 1.29 is 14.5 Å². The van der Waals surface area contributed by atoms with Gasteiger partial charge in [-0.3, -0.25) is 24.4 Å². The molecule has 9 nitrogen and oxygen atoms in total. The first-order valence-corrected chi connectivity index (χ1v) is 8.31. The number of nitro groups is 1. The third kappa shape index (κ3) is 5.50. The summed E-state index contributed by atoms with van der Waals surface area (Å²) in [5.74, 6) is -0.521. The predicted octanol–water partition coefficient (Wildman–Crippen LogP) is 2.37. The minimum absolute atomic E-state index is 0.0612. The molecule has 2 rings (SSSR count). The van der Waals surface area contributed by atoms with E-state index in [0.717, 1.165) is 0 Å². The molecule has 27 heavy (non-hydrogen) atoms. The van der Waals surface area contributed by atoms with Gasteiger partial charge in [-0.1, -0.05) is 26.0 Å². The van der Waals surface area contributed by atoms with Crippen molar-refractivity contribution >= 4 is 29.3 Å². The van der Waals surface area contributed by atoms with Crippen molar-refractivity contribution in [2.24, 2.45) is 13.0 Å². The highest BCUT2D eigenvalue weighted by Crippen LogP contribution is 2.16. The number of nitrogens with one attached hydrogen (secondary N) is 2. The topological polar surface area (TPSA) is 119 Å². The Balaban J connectivity index is 2.09. The Morgan fingerprint density at radius 3 is 2.78 bits per heavy atom. The molecular weight excluding hydrogens is 350 g/mol. The van der Waals surface area contributed by atoms with Gasteiger partial charge in [0.05, 0.1) is 16.8 Å². The zero-order chi connectivity index (χ0) is 20.0. The normalized spacial score (nSPS) is 11.0. The summed E-state index contributed by atoms with van der Waals surface area (Å²) in [4.78, 5) is 34.7. The number of hydrogen-bond acceptors (Lipinski definition) is 5. The van der Waals surface area contributed by atoms with Crippen molar-refractivity contribution in [3.05, 3.63) is 57.9 Å². The summed E-state index contributed by atoms with van der Waals surface area (Å²) < 4.78 is 1.38. The zero-order valence-electron chi connectivity index (χ0n) is 15.3. The molecule has 0 radical (unpaired) electrons. The highest BCUT2D eigenvalue weighted by Gasteiger charge is 2.18. The van der Waals surface area contributed by atoms with Crippen molar-refractivity contribution in [3.63, 3.8) is 0 Å². The molecule has 0 aliphatic carbocycles. The fourth-order valence-electron chi connectivity index (χ4n) is 2.27. The van der Waals surface area contributed by atoms with E-state index in [2.05, 4.69) is 15.7 Å². The Bertz CT molecular complexity index is 886. The number of rotatable bonds is 7. The number of anilines is 1. The first-order valence-electron chi connectivity index (χ1n) is 8.31. The van der Waals surface area contributed by atoms with Gasteiger partial charge in [-0.25, -0.2) is 0 Å². The Hall–Kier alpha value is -3.49. The molecule has 1 aromatic carbocycles. The lowest BCUT2D eigenvalue weighted by molar-refractivity contribution is -0.384. The van der Waals surface area contributed by atoms with Crippen molar-refractivity contribution in [2.75, 3.05) is 11.9 Å². The lowest BCUT2D eigenvalue weighted by atomic mass is 10.2. The first kappa shape index (κ1) is 19.8. The van der Waals surface area contributed by atoms with E-state index >= 15 is 0 Å². The molecule has 142 valence electrons. The number of aromatic nitrogens is 2. The van der Waals surface area contributed by atoms with Gasteiger partial charge in [-0.2, -0.15) is 5.10 Å². The number of carbonyl (C=O) groups excluding carboxylic acids is 2. The van der Waals surface area contributed by atoms with Gasteiger partial charge in [-0.05, 0) is 17.6 Å². The maximum Gasteiger partial charge on any atom is 0.271 e.